The van der Waals surface area contributed by atoms with Gasteiger partial charge >= 0.3 is 5.97 Å². The molecule has 6 heteroatoms. The molecular formula is C10H7ClN2O3. The minimum atomic E-state index is -1.12. The van der Waals surface area contributed by atoms with Gasteiger partial charge in [0.1, 0.15) is 10.7 Å². The van der Waals surface area contributed by atoms with Gasteiger partial charge in [0.05, 0.1) is 11.8 Å². The Morgan fingerprint density at radius 2 is 2.25 bits per heavy atom. The van der Waals surface area contributed by atoms with Crippen molar-refractivity contribution in [1.29, 1.82) is 0 Å². The van der Waals surface area contributed by atoms with Crippen molar-refractivity contribution in [2.75, 3.05) is 0 Å². The quantitative estimate of drug-likeness (QED) is 0.813. The second-order valence-electron chi connectivity index (χ2n) is 3.16. The van der Waals surface area contributed by atoms with E-state index in [4.69, 9.17) is 21.2 Å². The summed E-state index contributed by atoms with van der Waals surface area (Å²) in [5.41, 5.74) is 1.12. The summed E-state index contributed by atoms with van der Waals surface area (Å²) in [6.45, 7) is 1.79. The molecule has 0 bridgehead atoms. The van der Waals surface area contributed by atoms with Crippen LogP contribution in [-0.2, 0) is 0 Å². The molecule has 0 aliphatic heterocycles. The number of hydrogen-bond donors (Lipinski definition) is 1. The molecule has 2 heterocycles. The Labute approximate surface area is 95.7 Å². The topological polar surface area (TPSA) is 76.2 Å². The van der Waals surface area contributed by atoms with Crippen LogP contribution >= 0.6 is 11.6 Å². The number of halogens is 1. The van der Waals surface area contributed by atoms with Crippen LogP contribution in [0.25, 0.3) is 11.3 Å². The lowest BCUT2D eigenvalue weighted by Crippen LogP contribution is -1.97. The van der Waals surface area contributed by atoms with Gasteiger partial charge in [-0.3, -0.25) is 0 Å². The molecule has 5 nitrogen and oxygen atoms in total. The SMILES string of the molecule is Cc1ccc(-c2oncc2C(=O)O)c(Cl)n1. The molecule has 0 amide bonds. The molecule has 0 radical (unpaired) electrons. The minimum absolute atomic E-state index is 0.0347. The Bertz CT molecular complexity index is 551. The Morgan fingerprint density at radius 3 is 2.88 bits per heavy atom. The van der Waals surface area contributed by atoms with Crippen molar-refractivity contribution >= 4 is 17.6 Å². The van der Waals surface area contributed by atoms with E-state index >= 15 is 0 Å². The van der Waals surface area contributed by atoms with E-state index in [2.05, 4.69) is 10.1 Å². The highest BCUT2D eigenvalue weighted by Crippen LogP contribution is 2.29. The van der Waals surface area contributed by atoms with Crippen LogP contribution in [0.2, 0.25) is 5.15 Å². The van der Waals surface area contributed by atoms with Crippen molar-refractivity contribution in [2.24, 2.45) is 0 Å². The van der Waals surface area contributed by atoms with E-state index in [1.54, 1.807) is 19.1 Å². The number of nitrogens with zero attached hydrogens (tertiary/aromatic N) is 2. The van der Waals surface area contributed by atoms with E-state index in [1.165, 1.54) is 0 Å². The third kappa shape index (κ3) is 1.77. The number of rotatable bonds is 2. The van der Waals surface area contributed by atoms with Gasteiger partial charge < -0.3 is 9.63 Å². The standard InChI is InChI=1S/C10H7ClN2O3/c1-5-2-3-6(9(11)13-5)8-7(10(14)15)4-12-16-8/h2-4H,1H3,(H,14,15). The maximum Gasteiger partial charge on any atom is 0.341 e. The lowest BCUT2D eigenvalue weighted by molar-refractivity contribution is 0.0697. The summed E-state index contributed by atoms with van der Waals surface area (Å²) in [6.07, 6.45) is 1.13. The summed E-state index contributed by atoms with van der Waals surface area (Å²) in [7, 11) is 0. The smallest absolute Gasteiger partial charge is 0.341 e. The van der Waals surface area contributed by atoms with Crippen LogP contribution < -0.4 is 0 Å². The van der Waals surface area contributed by atoms with Gasteiger partial charge in [0, 0.05) is 5.69 Å². The highest BCUT2D eigenvalue weighted by atomic mass is 35.5. The van der Waals surface area contributed by atoms with E-state index in [9.17, 15) is 4.79 Å². The van der Waals surface area contributed by atoms with Crippen molar-refractivity contribution < 1.29 is 14.4 Å². The largest absolute Gasteiger partial charge is 0.477 e. The summed E-state index contributed by atoms with van der Waals surface area (Å²) in [6, 6.07) is 3.37. The number of carboxylic acid groups (broad SMARTS) is 1. The highest BCUT2D eigenvalue weighted by molar-refractivity contribution is 6.32. The summed E-state index contributed by atoms with van der Waals surface area (Å²) in [5, 5.41) is 12.5. The maximum atomic E-state index is 10.9. The molecule has 82 valence electrons. The van der Waals surface area contributed by atoms with Crippen molar-refractivity contribution in [2.45, 2.75) is 6.92 Å². The third-order valence-corrected chi connectivity index (χ3v) is 2.32. The monoisotopic (exact) mass is 238 g/mol. The summed E-state index contributed by atoms with van der Waals surface area (Å²) < 4.78 is 4.88. The molecule has 1 N–H and O–H groups in total. The molecular weight excluding hydrogens is 232 g/mol. The number of carbonyl (C=O) groups is 1. The Balaban J connectivity index is 2.59. The molecule has 0 fully saturated rings. The van der Waals surface area contributed by atoms with Crippen LogP contribution in [0, 0.1) is 6.92 Å². The van der Waals surface area contributed by atoms with E-state index in [0.717, 1.165) is 11.9 Å². The van der Waals surface area contributed by atoms with Crippen LogP contribution in [0.5, 0.6) is 0 Å². The minimum Gasteiger partial charge on any atom is -0.477 e. The number of hydrogen-bond acceptors (Lipinski definition) is 4. The second-order valence-corrected chi connectivity index (χ2v) is 3.52. The maximum absolute atomic E-state index is 10.9. The molecule has 0 saturated heterocycles. The predicted molar refractivity (Wildman–Crippen MR) is 56.4 cm³/mol. The number of pyridine rings is 1. The summed E-state index contributed by atoms with van der Waals surface area (Å²) in [5.74, 6) is -1.00. The van der Waals surface area contributed by atoms with Crippen molar-refractivity contribution in [3.8, 4) is 11.3 Å². The highest BCUT2D eigenvalue weighted by Gasteiger charge is 2.19. The van der Waals surface area contributed by atoms with E-state index < -0.39 is 5.97 Å². The number of aromatic carboxylic acids is 1. The lowest BCUT2D eigenvalue weighted by atomic mass is 10.1. The van der Waals surface area contributed by atoms with Gasteiger partial charge in [0.25, 0.3) is 0 Å². The zero-order valence-corrected chi connectivity index (χ0v) is 9.02. The summed E-state index contributed by atoms with van der Waals surface area (Å²) in [4.78, 5) is 14.9. The number of carboxylic acids is 1. The van der Waals surface area contributed by atoms with Gasteiger partial charge in [-0.1, -0.05) is 16.8 Å². The number of aromatic nitrogens is 2. The molecule has 2 rings (SSSR count). The Hall–Kier alpha value is -1.88. The molecule has 0 aliphatic rings. The molecule has 0 aliphatic carbocycles. The first kappa shape index (κ1) is 10.6. The molecule has 0 unspecified atom stereocenters. The van der Waals surface area contributed by atoms with E-state index in [0.29, 0.717) is 5.56 Å². The van der Waals surface area contributed by atoms with Crippen molar-refractivity contribution in [3.05, 3.63) is 34.7 Å². The molecule has 16 heavy (non-hydrogen) atoms. The molecule has 0 aromatic carbocycles. The van der Waals surface area contributed by atoms with Gasteiger partial charge in [-0.2, -0.15) is 0 Å². The zero-order valence-electron chi connectivity index (χ0n) is 8.27. The number of aryl methyl sites for hydroxylation is 1. The van der Waals surface area contributed by atoms with Gasteiger partial charge in [-0.25, -0.2) is 9.78 Å². The lowest BCUT2D eigenvalue weighted by Gasteiger charge is -2.01. The fourth-order valence-electron chi connectivity index (χ4n) is 1.28. The van der Waals surface area contributed by atoms with Gasteiger partial charge in [-0.15, -0.1) is 0 Å². The average Bonchev–Trinajstić information content (AvgIpc) is 2.66. The first-order chi connectivity index (χ1) is 7.59. The Morgan fingerprint density at radius 1 is 1.50 bits per heavy atom. The third-order valence-electron chi connectivity index (χ3n) is 2.03. The first-order valence-corrected chi connectivity index (χ1v) is 4.79. The molecule has 2 aromatic heterocycles. The van der Waals surface area contributed by atoms with Gasteiger partial charge in [0.15, 0.2) is 5.76 Å². The van der Waals surface area contributed by atoms with Crippen molar-refractivity contribution in [1.82, 2.24) is 10.1 Å². The molecule has 0 saturated carbocycles. The van der Waals surface area contributed by atoms with Crippen LogP contribution in [0.15, 0.2) is 22.9 Å². The predicted octanol–water partition coefficient (Wildman–Crippen LogP) is 2.40. The fraction of sp³-hybridized carbons (Fsp3) is 0.100. The average molecular weight is 239 g/mol. The zero-order chi connectivity index (χ0) is 11.7. The molecule has 2 aromatic rings. The fourth-order valence-corrected chi connectivity index (χ4v) is 1.56. The molecule has 0 spiro atoms. The van der Waals surface area contributed by atoms with E-state index in [-0.39, 0.29) is 16.5 Å². The van der Waals surface area contributed by atoms with Gasteiger partial charge in [0.2, 0.25) is 0 Å². The van der Waals surface area contributed by atoms with Crippen LogP contribution in [0.1, 0.15) is 16.1 Å². The normalized spacial score (nSPS) is 10.4. The molecule has 0 atom stereocenters. The van der Waals surface area contributed by atoms with Crippen LogP contribution in [0.4, 0.5) is 0 Å². The second kappa shape index (κ2) is 3.94. The Kier molecular flexibility index (Phi) is 2.62. The first-order valence-electron chi connectivity index (χ1n) is 4.41. The van der Waals surface area contributed by atoms with Crippen LogP contribution in [-0.4, -0.2) is 21.2 Å². The summed E-state index contributed by atoms with van der Waals surface area (Å²) >= 11 is 5.91. The van der Waals surface area contributed by atoms with Crippen LogP contribution in [0.3, 0.4) is 0 Å². The van der Waals surface area contributed by atoms with Crippen molar-refractivity contribution in [3.63, 3.8) is 0 Å². The van der Waals surface area contributed by atoms with E-state index in [1.807, 2.05) is 0 Å². The van der Waals surface area contributed by atoms with Gasteiger partial charge in [-0.05, 0) is 19.1 Å².